The molecule has 0 fully saturated rings. The van der Waals surface area contributed by atoms with E-state index in [0.717, 1.165) is 44.9 Å². The lowest BCUT2D eigenvalue weighted by Crippen LogP contribution is -2.45. The minimum atomic E-state index is -0.669. The number of amides is 1. The molecule has 0 rings (SSSR count). The first-order valence-corrected chi connectivity index (χ1v) is 31.1. The van der Waals surface area contributed by atoms with Crippen LogP contribution in [0.1, 0.15) is 341 Å². The van der Waals surface area contributed by atoms with Crippen molar-refractivity contribution in [2.75, 3.05) is 13.2 Å². The van der Waals surface area contributed by atoms with Crippen molar-refractivity contribution < 1.29 is 24.5 Å². The van der Waals surface area contributed by atoms with Gasteiger partial charge in [0.1, 0.15) is 0 Å². The Balaban J connectivity index is 3.42. The zero-order valence-corrected chi connectivity index (χ0v) is 46.6. The maximum absolute atomic E-state index is 12.5. The van der Waals surface area contributed by atoms with Crippen LogP contribution in [0.25, 0.3) is 0 Å². The lowest BCUT2D eigenvalue weighted by molar-refractivity contribution is -0.143. The fraction of sp³-hybridized carbons (Fsp3) is 0.905. The first kappa shape index (κ1) is 67.3. The minimum absolute atomic E-state index is 0.00336. The normalized spacial score (nSPS) is 12.7. The maximum atomic E-state index is 12.5. The monoisotopic (exact) mass is 972 g/mol. The SMILES string of the molecule is CCCCCCCC/C=C\CCCCCCCCCC(=O)OCCCCCCCCCCC/C=C\CCCCCCCCCC(=O)NC(CO)C(O)CCCCCCCCCCCCCCCCC. The third-order valence-electron chi connectivity index (χ3n) is 14.5. The number of hydrogen-bond donors (Lipinski definition) is 3. The highest BCUT2D eigenvalue weighted by atomic mass is 16.5. The lowest BCUT2D eigenvalue weighted by Gasteiger charge is -2.22. The molecule has 0 aromatic heterocycles. The molecule has 2 atom stereocenters. The molecule has 0 heterocycles. The maximum Gasteiger partial charge on any atom is 0.305 e. The fourth-order valence-corrected chi connectivity index (χ4v) is 9.69. The Morgan fingerprint density at radius 2 is 0.681 bits per heavy atom. The molecule has 1 amide bonds. The number of aliphatic hydroxyl groups excluding tert-OH is 2. The van der Waals surface area contributed by atoms with Crippen LogP contribution < -0.4 is 5.32 Å². The smallest absolute Gasteiger partial charge is 0.305 e. The molecule has 6 heteroatoms. The molecule has 0 aliphatic carbocycles. The summed E-state index contributed by atoms with van der Waals surface area (Å²) in [5, 5.41) is 23.3. The Morgan fingerprint density at radius 3 is 1.03 bits per heavy atom. The molecule has 0 spiro atoms. The van der Waals surface area contributed by atoms with Gasteiger partial charge in [-0.1, -0.05) is 276 Å². The Morgan fingerprint density at radius 1 is 0.391 bits per heavy atom. The zero-order valence-electron chi connectivity index (χ0n) is 46.6. The number of carbonyl (C=O) groups is 2. The minimum Gasteiger partial charge on any atom is -0.466 e. The van der Waals surface area contributed by atoms with Gasteiger partial charge in [0.05, 0.1) is 25.4 Å². The van der Waals surface area contributed by atoms with E-state index in [4.69, 9.17) is 4.74 Å². The third kappa shape index (κ3) is 55.5. The number of esters is 1. The number of rotatable bonds is 58. The van der Waals surface area contributed by atoms with E-state index >= 15 is 0 Å². The van der Waals surface area contributed by atoms with Crippen LogP contribution in [0.5, 0.6) is 0 Å². The second kappa shape index (κ2) is 58.9. The summed E-state index contributed by atoms with van der Waals surface area (Å²) in [6.45, 7) is 4.96. The number of ether oxygens (including phenoxy) is 1. The summed E-state index contributed by atoms with van der Waals surface area (Å²) in [6.07, 6.45) is 71.8. The van der Waals surface area contributed by atoms with Crippen molar-refractivity contribution in [3.05, 3.63) is 24.3 Å². The molecule has 3 N–H and O–H groups in total. The molecule has 0 radical (unpaired) electrons. The number of carbonyl (C=O) groups excluding carboxylic acids is 2. The van der Waals surface area contributed by atoms with Crippen molar-refractivity contribution in [1.82, 2.24) is 5.32 Å². The molecule has 69 heavy (non-hydrogen) atoms. The van der Waals surface area contributed by atoms with E-state index in [2.05, 4.69) is 43.5 Å². The Bertz CT molecular complexity index is 1080. The molecule has 0 saturated heterocycles. The molecule has 0 aliphatic rings. The van der Waals surface area contributed by atoms with Gasteiger partial charge < -0.3 is 20.3 Å². The van der Waals surface area contributed by atoms with E-state index in [-0.39, 0.29) is 18.5 Å². The van der Waals surface area contributed by atoms with Crippen LogP contribution in [0.15, 0.2) is 24.3 Å². The molecule has 6 nitrogen and oxygen atoms in total. The van der Waals surface area contributed by atoms with E-state index < -0.39 is 12.1 Å². The standard InChI is InChI=1S/C63H121NO5/c1-3-5-7-9-11-13-15-17-19-24-29-33-37-41-45-49-53-57-63(68)69-58-54-50-46-42-38-34-30-26-23-21-20-22-25-28-32-36-40-44-48-52-56-62(67)64-60(59-65)61(66)55-51-47-43-39-35-31-27-18-16-14-12-10-8-6-4-2/h17,19-20,22,60-61,65-66H,3-16,18,21,23-59H2,1-2H3,(H,64,67)/b19-17-,22-20-. The zero-order chi connectivity index (χ0) is 50.0. The quantitative estimate of drug-likeness (QED) is 0.0321. The number of unbranched alkanes of at least 4 members (excludes halogenated alkanes) is 43. The molecule has 0 aromatic carbocycles. The van der Waals surface area contributed by atoms with Crippen LogP contribution in [0.3, 0.4) is 0 Å². The van der Waals surface area contributed by atoms with Gasteiger partial charge in [-0.15, -0.1) is 0 Å². The molecule has 0 saturated carbocycles. The van der Waals surface area contributed by atoms with Crippen molar-refractivity contribution >= 4 is 11.9 Å². The van der Waals surface area contributed by atoms with E-state index in [9.17, 15) is 19.8 Å². The average Bonchev–Trinajstić information content (AvgIpc) is 3.35. The van der Waals surface area contributed by atoms with E-state index in [1.54, 1.807) is 0 Å². The Hall–Kier alpha value is -1.66. The first-order valence-electron chi connectivity index (χ1n) is 31.1. The molecular weight excluding hydrogens is 851 g/mol. The van der Waals surface area contributed by atoms with E-state index in [1.165, 1.54) is 263 Å². The molecule has 2 unspecified atom stereocenters. The molecule has 0 aliphatic heterocycles. The summed E-state index contributed by atoms with van der Waals surface area (Å²) in [7, 11) is 0. The molecule has 408 valence electrons. The van der Waals surface area contributed by atoms with Gasteiger partial charge in [0, 0.05) is 12.8 Å². The van der Waals surface area contributed by atoms with Crippen molar-refractivity contribution in [3.63, 3.8) is 0 Å². The van der Waals surface area contributed by atoms with E-state index in [1.807, 2.05) is 0 Å². The number of hydrogen-bond acceptors (Lipinski definition) is 5. The van der Waals surface area contributed by atoms with Gasteiger partial charge in [-0.05, 0) is 77.0 Å². The molecule has 0 bridgehead atoms. The van der Waals surface area contributed by atoms with E-state index in [0.29, 0.717) is 25.9 Å². The Labute approximate surface area is 431 Å². The second-order valence-electron chi connectivity index (χ2n) is 21.4. The van der Waals surface area contributed by atoms with Gasteiger partial charge in [-0.2, -0.15) is 0 Å². The highest BCUT2D eigenvalue weighted by molar-refractivity contribution is 5.76. The van der Waals surface area contributed by atoms with Crippen LogP contribution in [-0.4, -0.2) is 47.4 Å². The van der Waals surface area contributed by atoms with Crippen molar-refractivity contribution in [3.8, 4) is 0 Å². The third-order valence-corrected chi connectivity index (χ3v) is 14.5. The molecule has 0 aromatic rings. The number of aliphatic hydroxyl groups is 2. The first-order chi connectivity index (χ1) is 34.0. The van der Waals surface area contributed by atoms with Crippen molar-refractivity contribution in [2.24, 2.45) is 0 Å². The van der Waals surface area contributed by atoms with Gasteiger partial charge in [-0.3, -0.25) is 9.59 Å². The second-order valence-corrected chi connectivity index (χ2v) is 21.4. The number of allylic oxidation sites excluding steroid dienone is 4. The number of nitrogens with one attached hydrogen (secondary N) is 1. The highest BCUT2D eigenvalue weighted by Gasteiger charge is 2.20. The van der Waals surface area contributed by atoms with Gasteiger partial charge in [0.25, 0.3) is 0 Å². The summed E-state index contributed by atoms with van der Waals surface area (Å²) in [5.41, 5.74) is 0. The predicted octanol–water partition coefficient (Wildman–Crippen LogP) is 19.4. The van der Waals surface area contributed by atoms with Crippen LogP contribution in [0.2, 0.25) is 0 Å². The molecular formula is C63H121NO5. The Kier molecular flexibility index (Phi) is 57.5. The lowest BCUT2D eigenvalue weighted by atomic mass is 10.0. The largest absolute Gasteiger partial charge is 0.466 e. The average molecular weight is 973 g/mol. The van der Waals surface area contributed by atoms with Crippen LogP contribution >= 0.6 is 0 Å². The van der Waals surface area contributed by atoms with Gasteiger partial charge in [0.15, 0.2) is 0 Å². The van der Waals surface area contributed by atoms with Crippen molar-refractivity contribution in [2.45, 2.75) is 353 Å². The highest BCUT2D eigenvalue weighted by Crippen LogP contribution is 2.17. The summed E-state index contributed by atoms with van der Waals surface area (Å²) in [6, 6.07) is -0.547. The van der Waals surface area contributed by atoms with Gasteiger partial charge in [-0.25, -0.2) is 0 Å². The summed E-state index contributed by atoms with van der Waals surface area (Å²) < 4.78 is 5.49. The van der Waals surface area contributed by atoms with Crippen LogP contribution in [0.4, 0.5) is 0 Å². The summed E-state index contributed by atoms with van der Waals surface area (Å²) in [5.74, 6) is -0.0386. The fourth-order valence-electron chi connectivity index (χ4n) is 9.69. The predicted molar refractivity (Wildman–Crippen MR) is 301 cm³/mol. The topological polar surface area (TPSA) is 95.9 Å². The van der Waals surface area contributed by atoms with Gasteiger partial charge >= 0.3 is 5.97 Å². The van der Waals surface area contributed by atoms with Crippen LogP contribution in [-0.2, 0) is 14.3 Å². The summed E-state index contributed by atoms with van der Waals surface area (Å²) >= 11 is 0. The van der Waals surface area contributed by atoms with Crippen LogP contribution in [0, 0.1) is 0 Å². The van der Waals surface area contributed by atoms with Crippen molar-refractivity contribution in [1.29, 1.82) is 0 Å². The van der Waals surface area contributed by atoms with Gasteiger partial charge in [0.2, 0.25) is 5.91 Å². The summed E-state index contributed by atoms with van der Waals surface area (Å²) in [4.78, 5) is 24.6.